The molecule has 0 radical (unpaired) electrons. The molecule has 1 heterocycles. The molecule has 2 N–H and O–H groups in total. The third kappa shape index (κ3) is 1.91. The van der Waals surface area contributed by atoms with Crippen molar-refractivity contribution in [3.05, 3.63) is 30.0 Å². The van der Waals surface area contributed by atoms with E-state index in [-0.39, 0.29) is 0 Å². The Bertz CT molecular complexity index is 488. The summed E-state index contributed by atoms with van der Waals surface area (Å²) in [5.41, 5.74) is 2.20. The van der Waals surface area contributed by atoms with E-state index in [2.05, 4.69) is 16.0 Å². The molecule has 2 rings (SSSR count). The van der Waals surface area contributed by atoms with Gasteiger partial charge in [-0.1, -0.05) is 12.1 Å². The fourth-order valence-corrected chi connectivity index (χ4v) is 2.14. The molecule has 0 fully saturated rings. The van der Waals surface area contributed by atoms with Gasteiger partial charge in [0.1, 0.15) is 5.75 Å². The summed E-state index contributed by atoms with van der Waals surface area (Å²) in [6.07, 6.45) is 2.15. The van der Waals surface area contributed by atoms with Crippen LogP contribution in [0, 0.1) is 0 Å². The van der Waals surface area contributed by atoms with Crippen molar-refractivity contribution < 1.29 is 5.11 Å². The van der Waals surface area contributed by atoms with Crippen LogP contribution in [0.1, 0.15) is 12.1 Å². The molecule has 0 aliphatic heterocycles. The number of nitrogens with zero attached hydrogens (tertiary/aromatic N) is 1. The molecule has 0 aliphatic rings. The fourth-order valence-electron chi connectivity index (χ4n) is 2.14. The summed E-state index contributed by atoms with van der Waals surface area (Å²) in [5, 5.41) is 14.1. The van der Waals surface area contributed by atoms with Crippen molar-refractivity contribution >= 4 is 10.9 Å². The van der Waals surface area contributed by atoms with Crippen LogP contribution in [0.5, 0.6) is 5.75 Å². The monoisotopic (exact) mass is 218 g/mol. The first-order valence-electron chi connectivity index (χ1n) is 5.65. The summed E-state index contributed by atoms with van der Waals surface area (Å²) in [6.45, 7) is 1.02. The number of aromatic hydroxyl groups is 1. The van der Waals surface area contributed by atoms with Gasteiger partial charge in [-0.25, -0.2) is 0 Å². The van der Waals surface area contributed by atoms with Gasteiger partial charge in [0.05, 0.1) is 5.52 Å². The second-order valence-electron chi connectivity index (χ2n) is 4.12. The first kappa shape index (κ1) is 11.0. The van der Waals surface area contributed by atoms with E-state index < -0.39 is 0 Å². The Morgan fingerprint density at radius 2 is 2.19 bits per heavy atom. The Morgan fingerprint density at radius 1 is 1.38 bits per heavy atom. The van der Waals surface area contributed by atoms with E-state index in [4.69, 9.17) is 0 Å². The van der Waals surface area contributed by atoms with Crippen molar-refractivity contribution in [2.45, 2.75) is 12.8 Å². The van der Waals surface area contributed by atoms with Crippen LogP contribution in [0.2, 0.25) is 0 Å². The van der Waals surface area contributed by atoms with Gasteiger partial charge in [-0.2, -0.15) is 0 Å². The molecule has 1 aromatic heterocycles. The molecular weight excluding hydrogens is 200 g/mol. The topological polar surface area (TPSA) is 37.2 Å². The van der Waals surface area contributed by atoms with Crippen LogP contribution in [-0.4, -0.2) is 23.3 Å². The quantitative estimate of drug-likeness (QED) is 0.771. The Morgan fingerprint density at radius 3 is 2.88 bits per heavy atom. The zero-order valence-electron chi connectivity index (χ0n) is 9.83. The van der Waals surface area contributed by atoms with Gasteiger partial charge < -0.3 is 15.0 Å². The largest absolute Gasteiger partial charge is 0.506 e. The van der Waals surface area contributed by atoms with Crippen molar-refractivity contribution in [3.8, 4) is 5.75 Å². The molecular formula is C13H18N2O. The Balaban J connectivity index is 2.33. The number of aryl methyl sites for hydroxylation is 2. The number of para-hydroxylation sites is 1. The van der Waals surface area contributed by atoms with Crippen LogP contribution in [0.3, 0.4) is 0 Å². The van der Waals surface area contributed by atoms with E-state index in [9.17, 15) is 5.11 Å². The lowest BCUT2D eigenvalue weighted by atomic mass is 10.2. The highest BCUT2D eigenvalue weighted by Gasteiger charge is 2.08. The lowest BCUT2D eigenvalue weighted by Gasteiger charge is -2.04. The highest BCUT2D eigenvalue weighted by Crippen LogP contribution is 2.27. The van der Waals surface area contributed by atoms with Gasteiger partial charge in [0.25, 0.3) is 0 Å². The number of hydrogen-bond donors (Lipinski definition) is 2. The Labute approximate surface area is 95.7 Å². The van der Waals surface area contributed by atoms with Crippen LogP contribution in [0.4, 0.5) is 0 Å². The first-order chi connectivity index (χ1) is 7.74. The molecule has 0 spiro atoms. The number of hydrogen-bond acceptors (Lipinski definition) is 2. The number of aromatic nitrogens is 1. The molecule has 86 valence electrons. The standard InChI is InChI=1S/C13H18N2O/c1-14-8-4-6-11-9-10-5-3-7-12(16)13(10)15(11)2/h3,5,7,9,14,16H,4,6,8H2,1-2H3. The van der Waals surface area contributed by atoms with E-state index in [1.165, 1.54) is 5.69 Å². The van der Waals surface area contributed by atoms with Crippen molar-refractivity contribution in [2.75, 3.05) is 13.6 Å². The number of rotatable bonds is 4. The molecule has 0 atom stereocenters. The van der Waals surface area contributed by atoms with Gasteiger partial charge in [0, 0.05) is 18.1 Å². The van der Waals surface area contributed by atoms with E-state index in [1.54, 1.807) is 6.07 Å². The second kappa shape index (κ2) is 4.58. The summed E-state index contributed by atoms with van der Waals surface area (Å²) in [4.78, 5) is 0. The molecule has 3 nitrogen and oxygen atoms in total. The average Bonchev–Trinajstić information content (AvgIpc) is 2.58. The highest BCUT2D eigenvalue weighted by atomic mass is 16.3. The SMILES string of the molecule is CNCCCc1cc2cccc(O)c2n1C. The number of fused-ring (bicyclic) bond motifs is 1. The van der Waals surface area contributed by atoms with E-state index in [1.807, 2.05) is 26.2 Å². The van der Waals surface area contributed by atoms with Gasteiger partial charge >= 0.3 is 0 Å². The number of benzene rings is 1. The molecule has 0 unspecified atom stereocenters. The predicted octanol–water partition coefficient (Wildman–Crippen LogP) is 2.04. The van der Waals surface area contributed by atoms with Gasteiger partial charge in [-0.05, 0) is 38.6 Å². The lowest BCUT2D eigenvalue weighted by Crippen LogP contribution is -2.09. The summed E-state index contributed by atoms with van der Waals surface area (Å²) in [6, 6.07) is 7.82. The maximum Gasteiger partial charge on any atom is 0.139 e. The molecule has 0 bridgehead atoms. The summed E-state index contributed by atoms with van der Waals surface area (Å²) >= 11 is 0. The second-order valence-corrected chi connectivity index (χ2v) is 4.12. The van der Waals surface area contributed by atoms with Gasteiger partial charge in [0.15, 0.2) is 0 Å². The first-order valence-corrected chi connectivity index (χ1v) is 5.65. The molecule has 0 saturated carbocycles. The predicted molar refractivity (Wildman–Crippen MR) is 66.8 cm³/mol. The molecule has 3 heteroatoms. The molecule has 2 aromatic rings. The van der Waals surface area contributed by atoms with Crippen LogP contribution in [-0.2, 0) is 13.5 Å². The fraction of sp³-hybridized carbons (Fsp3) is 0.385. The average molecular weight is 218 g/mol. The van der Waals surface area contributed by atoms with Crippen molar-refractivity contribution in [3.63, 3.8) is 0 Å². The number of phenolic OH excluding ortho intramolecular Hbond substituents is 1. The van der Waals surface area contributed by atoms with Crippen molar-refractivity contribution in [1.82, 2.24) is 9.88 Å². The van der Waals surface area contributed by atoms with Crippen molar-refractivity contribution in [2.24, 2.45) is 7.05 Å². The zero-order valence-corrected chi connectivity index (χ0v) is 9.83. The number of nitrogens with one attached hydrogen (secondary N) is 1. The third-order valence-electron chi connectivity index (χ3n) is 2.99. The van der Waals surface area contributed by atoms with Crippen LogP contribution in [0.25, 0.3) is 10.9 Å². The van der Waals surface area contributed by atoms with Crippen LogP contribution >= 0.6 is 0 Å². The van der Waals surface area contributed by atoms with E-state index in [0.29, 0.717) is 5.75 Å². The maximum absolute atomic E-state index is 9.80. The molecule has 0 amide bonds. The molecule has 0 aliphatic carbocycles. The molecule has 0 saturated heterocycles. The minimum Gasteiger partial charge on any atom is -0.506 e. The number of phenols is 1. The van der Waals surface area contributed by atoms with Gasteiger partial charge in [0.2, 0.25) is 0 Å². The van der Waals surface area contributed by atoms with Gasteiger partial charge in [-0.3, -0.25) is 0 Å². The highest BCUT2D eigenvalue weighted by molar-refractivity contribution is 5.86. The minimum absolute atomic E-state index is 0.361. The summed E-state index contributed by atoms with van der Waals surface area (Å²) in [5.74, 6) is 0.361. The molecule has 16 heavy (non-hydrogen) atoms. The smallest absolute Gasteiger partial charge is 0.139 e. The third-order valence-corrected chi connectivity index (χ3v) is 2.99. The van der Waals surface area contributed by atoms with Crippen LogP contribution in [0.15, 0.2) is 24.3 Å². The summed E-state index contributed by atoms with van der Waals surface area (Å²) in [7, 11) is 3.98. The Kier molecular flexibility index (Phi) is 3.15. The van der Waals surface area contributed by atoms with E-state index in [0.717, 1.165) is 30.3 Å². The lowest BCUT2D eigenvalue weighted by molar-refractivity contribution is 0.478. The Hall–Kier alpha value is -1.48. The molecule has 1 aromatic carbocycles. The normalized spacial score (nSPS) is 11.1. The van der Waals surface area contributed by atoms with Crippen LogP contribution < -0.4 is 5.32 Å². The summed E-state index contributed by atoms with van der Waals surface area (Å²) < 4.78 is 2.08. The van der Waals surface area contributed by atoms with Crippen molar-refractivity contribution in [1.29, 1.82) is 0 Å². The van der Waals surface area contributed by atoms with Gasteiger partial charge in [-0.15, -0.1) is 0 Å². The zero-order chi connectivity index (χ0) is 11.5. The van der Waals surface area contributed by atoms with E-state index >= 15 is 0 Å². The maximum atomic E-state index is 9.80. The minimum atomic E-state index is 0.361.